The van der Waals surface area contributed by atoms with Crippen molar-refractivity contribution in [1.82, 2.24) is 0 Å². The molecule has 104 valence electrons. The van der Waals surface area contributed by atoms with Gasteiger partial charge in [-0.25, -0.2) is 13.2 Å². The van der Waals surface area contributed by atoms with Crippen molar-refractivity contribution in [3.05, 3.63) is 35.1 Å². The summed E-state index contributed by atoms with van der Waals surface area (Å²) in [5, 5.41) is 7.45. The fourth-order valence-corrected chi connectivity index (χ4v) is 1.94. The first-order valence-electron chi connectivity index (χ1n) is 5.88. The first-order valence-corrected chi connectivity index (χ1v) is 7.00. The van der Waals surface area contributed by atoms with Crippen LogP contribution < -0.4 is 0 Å². The number of benzene rings is 1. The fourth-order valence-electron chi connectivity index (χ4n) is 1.48. The molecular weight excluding hydrogens is 321 g/mol. The van der Waals surface area contributed by atoms with Crippen LogP contribution in [-0.4, -0.2) is 17.8 Å². The summed E-state index contributed by atoms with van der Waals surface area (Å²) in [7, 11) is 0. The van der Waals surface area contributed by atoms with E-state index in [1.165, 1.54) is 6.07 Å². The van der Waals surface area contributed by atoms with Crippen molar-refractivity contribution in [2.24, 2.45) is 10.2 Å². The van der Waals surface area contributed by atoms with E-state index in [1.807, 2.05) is 13.8 Å². The maximum absolute atomic E-state index is 13.5. The summed E-state index contributed by atoms with van der Waals surface area (Å²) in [6.07, 6.45) is -2.63. The Morgan fingerprint density at radius 2 is 1.95 bits per heavy atom. The topological polar surface area (TPSA) is 24.7 Å². The maximum atomic E-state index is 13.5. The summed E-state index contributed by atoms with van der Waals surface area (Å²) in [5.41, 5.74) is 1.11. The van der Waals surface area contributed by atoms with Gasteiger partial charge in [-0.2, -0.15) is 10.2 Å². The van der Waals surface area contributed by atoms with E-state index in [-0.39, 0.29) is 17.9 Å². The smallest absolute Gasteiger partial charge is 0.207 e. The van der Waals surface area contributed by atoms with Crippen LogP contribution in [-0.2, 0) is 5.33 Å². The molecule has 0 atom stereocenters. The first kappa shape index (κ1) is 15.9. The van der Waals surface area contributed by atoms with Crippen molar-refractivity contribution < 1.29 is 13.2 Å². The minimum Gasteiger partial charge on any atom is -0.207 e. The van der Waals surface area contributed by atoms with Gasteiger partial charge in [-0.05, 0) is 11.6 Å². The standard InChI is InChI=1S/C11H8BrF3N2.C2H6/c12-5-7-2-1-6(3-8(7)13)9-4-10(11(14)15)17-16-9;1-2/h1-3,11H,4-5H2;1-2H3. The van der Waals surface area contributed by atoms with E-state index in [4.69, 9.17) is 0 Å². The lowest BCUT2D eigenvalue weighted by atomic mass is 10.0. The van der Waals surface area contributed by atoms with Crippen LogP contribution in [0.1, 0.15) is 31.4 Å². The zero-order valence-corrected chi connectivity index (χ0v) is 12.2. The third-order valence-electron chi connectivity index (χ3n) is 2.43. The Hall–Kier alpha value is -1.17. The third kappa shape index (κ3) is 3.89. The molecule has 0 saturated heterocycles. The van der Waals surface area contributed by atoms with Crippen LogP contribution in [0.4, 0.5) is 13.2 Å². The van der Waals surface area contributed by atoms with Crippen LogP contribution in [0, 0.1) is 5.82 Å². The number of hydrogen-bond acceptors (Lipinski definition) is 2. The molecule has 0 bridgehead atoms. The Bertz CT molecular complexity index is 499. The monoisotopic (exact) mass is 334 g/mol. The van der Waals surface area contributed by atoms with Crippen LogP contribution in [0.25, 0.3) is 0 Å². The van der Waals surface area contributed by atoms with E-state index in [0.717, 1.165) is 0 Å². The molecule has 1 aromatic rings. The van der Waals surface area contributed by atoms with Gasteiger partial charge in [0.15, 0.2) is 0 Å². The van der Waals surface area contributed by atoms with Crippen LogP contribution in [0.15, 0.2) is 28.4 Å². The zero-order chi connectivity index (χ0) is 14.4. The summed E-state index contributed by atoms with van der Waals surface area (Å²) in [6, 6.07) is 4.55. The Kier molecular flexibility index (Phi) is 6.21. The molecule has 1 aromatic carbocycles. The minimum absolute atomic E-state index is 0.0230. The van der Waals surface area contributed by atoms with Gasteiger partial charge in [0, 0.05) is 17.3 Å². The summed E-state index contributed by atoms with van der Waals surface area (Å²) < 4.78 is 38.2. The van der Waals surface area contributed by atoms with Gasteiger partial charge in [-0.1, -0.05) is 41.9 Å². The van der Waals surface area contributed by atoms with E-state index in [2.05, 4.69) is 26.1 Å². The molecule has 0 amide bonds. The number of nitrogens with zero attached hydrogens (tertiary/aromatic N) is 2. The lowest BCUT2D eigenvalue weighted by Crippen LogP contribution is -2.12. The summed E-state index contributed by atoms with van der Waals surface area (Å²) in [6.45, 7) is 4.00. The second kappa shape index (κ2) is 7.43. The van der Waals surface area contributed by atoms with Crippen molar-refractivity contribution in [2.45, 2.75) is 32.0 Å². The molecule has 19 heavy (non-hydrogen) atoms. The lowest BCUT2D eigenvalue weighted by molar-refractivity contribution is 0.224. The molecule has 0 N–H and O–H groups in total. The molecular formula is C13H14BrF3N2. The second-order valence-corrected chi connectivity index (χ2v) is 4.12. The van der Waals surface area contributed by atoms with Crippen molar-refractivity contribution >= 4 is 27.4 Å². The van der Waals surface area contributed by atoms with Crippen LogP contribution in [0.5, 0.6) is 0 Å². The predicted octanol–water partition coefficient (Wildman–Crippen LogP) is 4.56. The normalized spacial score (nSPS) is 13.8. The van der Waals surface area contributed by atoms with E-state index < -0.39 is 6.43 Å². The largest absolute Gasteiger partial charge is 0.278 e. The Morgan fingerprint density at radius 1 is 1.26 bits per heavy atom. The molecule has 0 saturated carbocycles. The number of halogens is 4. The summed E-state index contributed by atoms with van der Waals surface area (Å²) in [4.78, 5) is 0. The van der Waals surface area contributed by atoms with Gasteiger partial charge in [0.05, 0.1) is 5.71 Å². The molecule has 1 heterocycles. The maximum Gasteiger partial charge on any atom is 0.278 e. The zero-order valence-electron chi connectivity index (χ0n) is 10.6. The van der Waals surface area contributed by atoms with Crippen molar-refractivity contribution in [3.8, 4) is 0 Å². The Morgan fingerprint density at radius 3 is 2.42 bits per heavy atom. The van der Waals surface area contributed by atoms with Crippen LogP contribution in [0.2, 0.25) is 0 Å². The average Bonchev–Trinajstić information content (AvgIpc) is 2.91. The van der Waals surface area contributed by atoms with E-state index in [0.29, 0.717) is 22.2 Å². The van der Waals surface area contributed by atoms with E-state index in [9.17, 15) is 13.2 Å². The van der Waals surface area contributed by atoms with Crippen molar-refractivity contribution in [2.75, 3.05) is 0 Å². The molecule has 2 nitrogen and oxygen atoms in total. The quantitative estimate of drug-likeness (QED) is 0.724. The van der Waals surface area contributed by atoms with E-state index >= 15 is 0 Å². The number of alkyl halides is 3. The van der Waals surface area contributed by atoms with Gasteiger partial charge >= 0.3 is 0 Å². The SMILES string of the molecule is CC.Fc1cc(C2=NN=C(C(F)F)C2)ccc1CBr. The molecule has 0 radical (unpaired) electrons. The van der Waals surface area contributed by atoms with Gasteiger partial charge in [0.25, 0.3) is 6.43 Å². The van der Waals surface area contributed by atoms with Crippen molar-refractivity contribution in [3.63, 3.8) is 0 Å². The van der Waals surface area contributed by atoms with Gasteiger partial charge in [-0.15, -0.1) is 0 Å². The highest BCUT2D eigenvalue weighted by molar-refractivity contribution is 9.08. The van der Waals surface area contributed by atoms with Crippen molar-refractivity contribution in [1.29, 1.82) is 0 Å². The fraction of sp³-hybridized carbons (Fsp3) is 0.385. The molecule has 1 aliphatic rings. The van der Waals surface area contributed by atoms with Crippen LogP contribution in [0.3, 0.4) is 0 Å². The second-order valence-electron chi connectivity index (χ2n) is 3.56. The van der Waals surface area contributed by atoms with E-state index in [1.54, 1.807) is 12.1 Å². The van der Waals surface area contributed by atoms with Crippen LogP contribution >= 0.6 is 15.9 Å². The Labute approximate surface area is 118 Å². The molecule has 0 fully saturated rings. The highest BCUT2D eigenvalue weighted by atomic mass is 79.9. The highest BCUT2D eigenvalue weighted by Gasteiger charge is 2.22. The minimum atomic E-state index is -2.61. The molecule has 1 aliphatic heterocycles. The molecule has 2 rings (SSSR count). The average molecular weight is 335 g/mol. The molecule has 0 spiro atoms. The lowest BCUT2D eigenvalue weighted by Gasteiger charge is -2.04. The number of rotatable bonds is 3. The molecule has 0 aromatic heterocycles. The summed E-state index contributed by atoms with van der Waals surface area (Å²) in [5.74, 6) is -0.382. The Balaban J connectivity index is 0.000000861. The molecule has 0 unspecified atom stereocenters. The third-order valence-corrected chi connectivity index (χ3v) is 3.03. The molecule has 0 aliphatic carbocycles. The van der Waals surface area contributed by atoms with Gasteiger partial charge in [0.1, 0.15) is 11.5 Å². The van der Waals surface area contributed by atoms with Gasteiger partial charge in [0.2, 0.25) is 0 Å². The number of hydrogen-bond donors (Lipinski definition) is 0. The highest BCUT2D eigenvalue weighted by Crippen LogP contribution is 2.19. The van der Waals surface area contributed by atoms with Gasteiger partial charge < -0.3 is 0 Å². The summed E-state index contributed by atoms with van der Waals surface area (Å²) >= 11 is 3.15. The predicted molar refractivity (Wildman–Crippen MR) is 75.0 cm³/mol. The first-order chi connectivity index (χ1) is 9.11. The molecule has 6 heteroatoms. The van der Waals surface area contributed by atoms with Gasteiger partial charge in [-0.3, -0.25) is 0 Å².